The molecule has 0 radical (unpaired) electrons. The van der Waals surface area contributed by atoms with E-state index in [1.54, 1.807) is 48.6 Å². The molecule has 7 nitrogen and oxygen atoms in total. The third kappa shape index (κ3) is 4.34. The van der Waals surface area contributed by atoms with Gasteiger partial charge in [0.05, 0.1) is 28.7 Å². The zero-order valence-electron chi connectivity index (χ0n) is 17.9. The van der Waals surface area contributed by atoms with Crippen LogP contribution < -0.4 is 15.1 Å². The zero-order valence-corrected chi connectivity index (χ0v) is 19.6. The molecule has 31 heavy (non-hydrogen) atoms. The highest BCUT2D eigenvalue weighted by atomic mass is 32.2. The average molecular weight is 462 g/mol. The summed E-state index contributed by atoms with van der Waals surface area (Å²) in [5.74, 6) is 0.591. The molecule has 166 valence electrons. The highest BCUT2D eigenvalue weighted by Gasteiger charge is 2.22. The first-order valence-corrected chi connectivity index (χ1v) is 12.7. The molecule has 0 aliphatic heterocycles. The molecule has 4 rings (SSSR count). The van der Waals surface area contributed by atoms with E-state index in [4.69, 9.17) is 4.74 Å². The van der Waals surface area contributed by atoms with Gasteiger partial charge < -0.3 is 4.74 Å². The van der Waals surface area contributed by atoms with E-state index in [2.05, 4.69) is 4.72 Å². The molecular formula is C22H27N3O4S2. The first-order chi connectivity index (χ1) is 14.8. The van der Waals surface area contributed by atoms with Gasteiger partial charge in [0.15, 0.2) is 0 Å². The summed E-state index contributed by atoms with van der Waals surface area (Å²) in [4.78, 5) is 13.4. The van der Waals surface area contributed by atoms with Crippen LogP contribution in [0.4, 0.5) is 5.69 Å². The number of nitrogens with zero attached hydrogens (tertiary/aromatic N) is 2. The van der Waals surface area contributed by atoms with Crippen LogP contribution >= 0.6 is 11.8 Å². The first kappa shape index (κ1) is 21.8. The molecule has 1 fully saturated rings. The van der Waals surface area contributed by atoms with E-state index in [1.807, 2.05) is 6.07 Å². The van der Waals surface area contributed by atoms with Crippen molar-refractivity contribution >= 4 is 38.5 Å². The predicted molar refractivity (Wildman–Crippen MR) is 125 cm³/mol. The van der Waals surface area contributed by atoms with E-state index in [9.17, 15) is 13.2 Å². The fourth-order valence-corrected chi connectivity index (χ4v) is 6.50. The number of aryl methyl sites for hydroxylation is 2. The van der Waals surface area contributed by atoms with Gasteiger partial charge in [-0.2, -0.15) is 0 Å². The van der Waals surface area contributed by atoms with E-state index < -0.39 is 10.0 Å². The molecule has 1 aromatic heterocycles. The number of rotatable bonds is 6. The van der Waals surface area contributed by atoms with Gasteiger partial charge in [0, 0.05) is 24.2 Å². The van der Waals surface area contributed by atoms with Gasteiger partial charge in [0.2, 0.25) is 0 Å². The van der Waals surface area contributed by atoms with Crippen LogP contribution in [0.5, 0.6) is 5.75 Å². The standard InChI is InChI=1S/C22H27N3O4S2/c1-24-19-13-18(23-31(27,28)17-11-9-15(29-3)10-12-17)21(14-20(19)25(2)22(24)26)30-16-7-5-4-6-8-16/h9-14,16,23H,4-8H2,1-3H3. The first-order valence-electron chi connectivity index (χ1n) is 10.3. The molecule has 0 spiro atoms. The SMILES string of the molecule is COc1ccc(S(=O)(=O)Nc2cc3c(cc2SC2CCCCC2)n(C)c(=O)n3C)cc1. The number of hydrogen-bond acceptors (Lipinski definition) is 5. The summed E-state index contributed by atoms with van der Waals surface area (Å²) < 4.78 is 37.2. The lowest BCUT2D eigenvalue weighted by Crippen LogP contribution is -2.19. The van der Waals surface area contributed by atoms with Crippen molar-refractivity contribution in [3.63, 3.8) is 0 Å². The van der Waals surface area contributed by atoms with Crippen LogP contribution in [-0.2, 0) is 24.1 Å². The zero-order chi connectivity index (χ0) is 22.2. The number of hydrogen-bond donors (Lipinski definition) is 1. The third-order valence-electron chi connectivity index (χ3n) is 5.83. The number of benzene rings is 2. The summed E-state index contributed by atoms with van der Waals surface area (Å²) >= 11 is 1.70. The van der Waals surface area contributed by atoms with Crippen LogP contribution in [0.2, 0.25) is 0 Å². The van der Waals surface area contributed by atoms with Crippen LogP contribution in [0.15, 0.2) is 51.0 Å². The molecule has 0 amide bonds. The van der Waals surface area contributed by atoms with Crippen LogP contribution in [0.3, 0.4) is 0 Å². The lowest BCUT2D eigenvalue weighted by Gasteiger charge is -2.22. The second kappa shape index (κ2) is 8.63. The highest BCUT2D eigenvalue weighted by molar-refractivity contribution is 8.00. The Morgan fingerprint density at radius 3 is 2.23 bits per heavy atom. The maximum Gasteiger partial charge on any atom is 0.328 e. The van der Waals surface area contributed by atoms with Gasteiger partial charge in [0.25, 0.3) is 10.0 Å². The molecule has 1 heterocycles. The molecule has 2 aromatic carbocycles. The van der Waals surface area contributed by atoms with E-state index in [0.29, 0.717) is 22.2 Å². The maximum absolute atomic E-state index is 13.1. The largest absolute Gasteiger partial charge is 0.497 e. The van der Waals surface area contributed by atoms with E-state index in [0.717, 1.165) is 23.3 Å². The van der Waals surface area contributed by atoms with E-state index in [1.165, 1.54) is 43.1 Å². The number of anilines is 1. The van der Waals surface area contributed by atoms with Crippen LogP contribution in [0.1, 0.15) is 32.1 Å². The smallest absolute Gasteiger partial charge is 0.328 e. The number of imidazole rings is 1. The van der Waals surface area contributed by atoms with Gasteiger partial charge in [-0.1, -0.05) is 19.3 Å². The number of nitrogens with one attached hydrogen (secondary N) is 1. The van der Waals surface area contributed by atoms with Crippen molar-refractivity contribution in [3.05, 3.63) is 46.9 Å². The normalized spacial score (nSPS) is 15.3. The molecule has 3 aromatic rings. The molecule has 0 unspecified atom stereocenters. The monoisotopic (exact) mass is 461 g/mol. The number of sulfonamides is 1. The Bertz CT molecular complexity index is 1250. The Kier molecular flexibility index (Phi) is 6.07. The van der Waals surface area contributed by atoms with Gasteiger partial charge in [-0.3, -0.25) is 13.9 Å². The minimum Gasteiger partial charge on any atom is -0.497 e. The van der Waals surface area contributed by atoms with Crippen molar-refractivity contribution in [1.82, 2.24) is 9.13 Å². The molecule has 1 aliphatic carbocycles. The van der Waals surface area contributed by atoms with Crippen molar-refractivity contribution in [1.29, 1.82) is 0 Å². The minimum atomic E-state index is -3.80. The van der Waals surface area contributed by atoms with Crippen molar-refractivity contribution in [2.45, 2.75) is 47.1 Å². The van der Waals surface area contributed by atoms with Gasteiger partial charge in [-0.05, 0) is 49.2 Å². The average Bonchev–Trinajstić information content (AvgIpc) is 2.98. The maximum atomic E-state index is 13.1. The van der Waals surface area contributed by atoms with Crippen molar-refractivity contribution < 1.29 is 13.2 Å². The molecule has 1 saturated carbocycles. The van der Waals surface area contributed by atoms with E-state index >= 15 is 0 Å². The highest BCUT2D eigenvalue weighted by Crippen LogP contribution is 2.39. The summed E-state index contributed by atoms with van der Waals surface area (Å²) in [6.45, 7) is 0. The summed E-state index contributed by atoms with van der Waals surface area (Å²) in [6.07, 6.45) is 5.86. The van der Waals surface area contributed by atoms with Crippen LogP contribution in [0, 0.1) is 0 Å². The molecule has 1 aliphatic rings. The molecule has 0 atom stereocenters. The number of thioether (sulfide) groups is 1. The molecular weight excluding hydrogens is 434 g/mol. The van der Waals surface area contributed by atoms with Gasteiger partial charge in [-0.25, -0.2) is 13.2 Å². The van der Waals surface area contributed by atoms with Gasteiger partial charge in [-0.15, -0.1) is 11.8 Å². The summed E-state index contributed by atoms with van der Waals surface area (Å²) in [5, 5.41) is 0.441. The van der Waals surface area contributed by atoms with Gasteiger partial charge >= 0.3 is 5.69 Å². The van der Waals surface area contributed by atoms with Crippen LogP contribution in [-0.4, -0.2) is 29.9 Å². The Balaban J connectivity index is 1.77. The molecule has 0 bridgehead atoms. The fourth-order valence-electron chi connectivity index (χ4n) is 4.02. The predicted octanol–water partition coefficient (Wildman–Crippen LogP) is 4.11. The molecule has 0 saturated heterocycles. The molecule has 9 heteroatoms. The van der Waals surface area contributed by atoms with Crippen LogP contribution in [0.25, 0.3) is 11.0 Å². The Morgan fingerprint density at radius 2 is 1.61 bits per heavy atom. The third-order valence-corrected chi connectivity index (χ3v) is 8.61. The second-order valence-corrected chi connectivity index (χ2v) is 10.9. The Labute approximate surface area is 186 Å². The fraction of sp³-hybridized carbons (Fsp3) is 0.409. The number of methoxy groups -OCH3 is 1. The number of aromatic nitrogens is 2. The van der Waals surface area contributed by atoms with Gasteiger partial charge in [0.1, 0.15) is 5.75 Å². The summed E-state index contributed by atoms with van der Waals surface area (Å²) in [6, 6.07) is 9.98. The number of ether oxygens (including phenoxy) is 1. The Hall–Kier alpha value is -2.39. The van der Waals surface area contributed by atoms with E-state index in [-0.39, 0.29) is 10.6 Å². The quantitative estimate of drug-likeness (QED) is 0.597. The summed E-state index contributed by atoms with van der Waals surface area (Å²) in [5.41, 5.74) is 1.84. The lowest BCUT2D eigenvalue weighted by atomic mass is 10.0. The Morgan fingerprint density at radius 1 is 1.00 bits per heavy atom. The van der Waals surface area contributed by atoms with Crippen molar-refractivity contribution in [2.75, 3.05) is 11.8 Å². The van der Waals surface area contributed by atoms with Crippen molar-refractivity contribution in [2.24, 2.45) is 14.1 Å². The summed E-state index contributed by atoms with van der Waals surface area (Å²) in [7, 11) is 1.17. The van der Waals surface area contributed by atoms with Crippen molar-refractivity contribution in [3.8, 4) is 5.75 Å². The lowest BCUT2D eigenvalue weighted by molar-refractivity contribution is 0.414. The number of fused-ring (bicyclic) bond motifs is 1. The second-order valence-electron chi connectivity index (χ2n) is 7.90. The molecule has 1 N–H and O–H groups in total. The minimum absolute atomic E-state index is 0.140. The topological polar surface area (TPSA) is 82.3 Å².